The highest BCUT2D eigenvalue weighted by atomic mass is 32.1. The first kappa shape index (κ1) is 11.1. The van der Waals surface area contributed by atoms with Gasteiger partial charge in [-0.25, -0.2) is 4.98 Å². The predicted octanol–water partition coefficient (Wildman–Crippen LogP) is 3.91. The van der Waals surface area contributed by atoms with Crippen molar-refractivity contribution in [2.45, 2.75) is 26.2 Å². The van der Waals surface area contributed by atoms with Gasteiger partial charge < -0.3 is 5.73 Å². The van der Waals surface area contributed by atoms with Gasteiger partial charge in [-0.1, -0.05) is 38.1 Å². The minimum Gasteiger partial charge on any atom is -0.389 e. The van der Waals surface area contributed by atoms with Crippen molar-refractivity contribution in [1.29, 1.82) is 0 Å². The summed E-state index contributed by atoms with van der Waals surface area (Å²) in [5.74, 6) is 0.613. The third-order valence-corrected chi connectivity index (χ3v) is 3.62. The molecule has 0 spiro atoms. The minimum atomic E-state index is 0.613. The molecule has 1 unspecified atom stereocenters. The first-order valence-corrected chi connectivity index (χ1v) is 6.39. The zero-order valence-corrected chi connectivity index (χ0v) is 10.4. The Balaban J connectivity index is 2.30. The Morgan fingerprint density at radius 1 is 1.31 bits per heavy atom. The molecule has 0 fully saturated rings. The molecule has 84 valence electrons. The number of benzene rings is 1. The largest absolute Gasteiger partial charge is 0.389 e. The molecule has 2 aromatic rings. The van der Waals surface area contributed by atoms with Crippen LogP contribution in [0.2, 0.25) is 0 Å². The predicted molar refractivity (Wildman–Crippen MR) is 70.7 cm³/mol. The topological polar surface area (TPSA) is 38.9 Å². The lowest BCUT2D eigenvalue weighted by molar-refractivity contribution is 0.734. The molecular weight excluding hydrogens is 216 g/mol. The average Bonchev–Trinajstić information content (AvgIpc) is 2.75. The standard InChI is InChI=1S/C13H16N2S/c1-3-9(2)10-4-6-11(7-5-10)12-13(14)16-8-15-12/h4-9H,3,14H2,1-2H3. The number of rotatable bonds is 3. The van der Waals surface area contributed by atoms with Gasteiger partial charge >= 0.3 is 0 Å². The summed E-state index contributed by atoms with van der Waals surface area (Å²) >= 11 is 1.48. The summed E-state index contributed by atoms with van der Waals surface area (Å²) in [6, 6.07) is 8.55. The van der Waals surface area contributed by atoms with E-state index in [9.17, 15) is 0 Å². The van der Waals surface area contributed by atoms with Crippen LogP contribution in [0.1, 0.15) is 31.7 Å². The lowest BCUT2D eigenvalue weighted by Crippen LogP contribution is -1.91. The summed E-state index contributed by atoms with van der Waals surface area (Å²) in [5, 5.41) is 0.788. The number of hydrogen-bond acceptors (Lipinski definition) is 3. The van der Waals surface area contributed by atoms with Crippen LogP contribution in [0.4, 0.5) is 5.00 Å². The van der Waals surface area contributed by atoms with Crippen molar-refractivity contribution in [3.63, 3.8) is 0 Å². The first-order valence-electron chi connectivity index (χ1n) is 5.51. The molecule has 0 aliphatic carbocycles. The lowest BCUT2D eigenvalue weighted by atomic mass is 9.97. The number of thiazole rings is 1. The maximum atomic E-state index is 5.85. The second kappa shape index (κ2) is 4.66. The summed E-state index contributed by atoms with van der Waals surface area (Å²) in [5.41, 5.74) is 11.0. The lowest BCUT2D eigenvalue weighted by Gasteiger charge is -2.09. The van der Waals surface area contributed by atoms with E-state index in [2.05, 4.69) is 43.1 Å². The fourth-order valence-corrected chi connectivity index (χ4v) is 2.23. The maximum absolute atomic E-state index is 5.85. The molecule has 0 amide bonds. The zero-order chi connectivity index (χ0) is 11.5. The normalized spacial score (nSPS) is 12.6. The van der Waals surface area contributed by atoms with E-state index < -0.39 is 0 Å². The third kappa shape index (κ3) is 2.09. The van der Waals surface area contributed by atoms with Gasteiger partial charge in [-0.3, -0.25) is 0 Å². The van der Waals surface area contributed by atoms with Crippen molar-refractivity contribution in [3.8, 4) is 11.3 Å². The molecule has 0 bridgehead atoms. The van der Waals surface area contributed by atoms with Gasteiger partial charge in [0.1, 0.15) is 10.7 Å². The van der Waals surface area contributed by atoms with Crippen LogP contribution in [-0.4, -0.2) is 4.98 Å². The fourth-order valence-electron chi connectivity index (χ4n) is 1.68. The Hall–Kier alpha value is -1.35. The smallest absolute Gasteiger partial charge is 0.114 e. The molecule has 2 nitrogen and oxygen atoms in total. The molecule has 1 aromatic carbocycles. The highest BCUT2D eigenvalue weighted by Gasteiger charge is 2.07. The third-order valence-electron chi connectivity index (χ3n) is 2.96. The van der Waals surface area contributed by atoms with Crippen molar-refractivity contribution in [3.05, 3.63) is 35.3 Å². The fraction of sp³-hybridized carbons (Fsp3) is 0.308. The van der Waals surface area contributed by atoms with Crippen LogP contribution in [0.5, 0.6) is 0 Å². The molecule has 2 rings (SSSR count). The summed E-state index contributed by atoms with van der Waals surface area (Å²) in [4.78, 5) is 4.27. The number of nitrogen functional groups attached to an aromatic ring is 1. The Labute approximate surface area is 100 Å². The summed E-state index contributed by atoms with van der Waals surface area (Å²) < 4.78 is 0. The average molecular weight is 232 g/mol. The van der Waals surface area contributed by atoms with Gasteiger partial charge in [0, 0.05) is 5.56 Å². The van der Waals surface area contributed by atoms with Crippen molar-refractivity contribution >= 4 is 16.3 Å². The minimum absolute atomic E-state index is 0.613. The number of anilines is 1. The van der Waals surface area contributed by atoms with Crippen LogP contribution in [0.3, 0.4) is 0 Å². The van der Waals surface area contributed by atoms with Crippen LogP contribution < -0.4 is 5.73 Å². The molecule has 1 aromatic heterocycles. The van der Waals surface area contributed by atoms with Crippen molar-refractivity contribution in [2.75, 3.05) is 5.73 Å². The van der Waals surface area contributed by atoms with Gasteiger partial charge in [0.2, 0.25) is 0 Å². The van der Waals surface area contributed by atoms with Crippen LogP contribution in [0, 0.1) is 0 Å². The molecule has 16 heavy (non-hydrogen) atoms. The molecule has 2 N–H and O–H groups in total. The monoisotopic (exact) mass is 232 g/mol. The maximum Gasteiger partial charge on any atom is 0.114 e. The van der Waals surface area contributed by atoms with Crippen LogP contribution in [0.25, 0.3) is 11.3 Å². The van der Waals surface area contributed by atoms with E-state index in [1.54, 1.807) is 5.51 Å². The Bertz CT molecular complexity index is 459. The van der Waals surface area contributed by atoms with Gasteiger partial charge in [0.05, 0.1) is 5.51 Å². The van der Waals surface area contributed by atoms with Gasteiger partial charge in [-0.2, -0.15) is 0 Å². The molecule has 0 radical (unpaired) electrons. The van der Waals surface area contributed by atoms with E-state index >= 15 is 0 Å². The molecule has 0 aliphatic heterocycles. The van der Waals surface area contributed by atoms with Gasteiger partial charge in [0.15, 0.2) is 0 Å². The van der Waals surface area contributed by atoms with E-state index in [0.29, 0.717) is 5.92 Å². The van der Waals surface area contributed by atoms with E-state index in [4.69, 9.17) is 5.73 Å². The van der Waals surface area contributed by atoms with Crippen LogP contribution in [0.15, 0.2) is 29.8 Å². The highest BCUT2D eigenvalue weighted by Crippen LogP contribution is 2.29. The van der Waals surface area contributed by atoms with Crippen molar-refractivity contribution in [1.82, 2.24) is 4.98 Å². The molecular formula is C13H16N2S. The van der Waals surface area contributed by atoms with E-state index in [1.165, 1.54) is 16.9 Å². The molecule has 0 saturated carbocycles. The Kier molecular flexibility index (Phi) is 3.25. The number of nitrogens with zero attached hydrogens (tertiary/aromatic N) is 1. The zero-order valence-electron chi connectivity index (χ0n) is 9.60. The molecule has 3 heteroatoms. The summed E-state index contributed by atoms with van der Waals surface area (Å²) in [6.45, 7) is 4.45. The van der Waals surface area contributed by atoms with Crippen LogP contribution >= 0.6 is 11.3 Å². The summed E-state index contributed by atoms with van der Waals surface area (Å²) in [6.07, 6.45) is 1.16. The number of aromatic nitrogens is 1. The molecule has 1 atom stereocenters. The van der Waals surface area contributed by atoms with Gasteiger partial charge in [-0.15, -0.1) is 11.3 Å². The highest BCUT2D eigenvalue weighted by molar-refractivity contribution is 7.14. The second-order valence-corrected chi connectivity index (χ2v) is 4.88. The Morgan fingerprint density at radius 2 is 2.00 bits per heavy atom. The number of hydrogen-bond donors (Lipinski definition) is 1. The van der Waals surface area contributed by atoms with Gasteiger partial charge in [-0.05, 0) is 17.9 Å². The Morgan fingerprint density at radius 3 is 2.50 bits per heavy atom. The van der Waals surface area contributed by atoms with E-state index in [-0.39, 0.29) is 0 Å². The molecule has 0 saturated heterocycles. The van der Waals surface area contributed by atoms with E-state index in [0.717, 1.165) is 22.7 Å². The SMILES string of the molecule is CCC(C)c1ccc(-c2ncsc2N)cc1. The van der Waals surface area contributed by atoms with E-state index in [1.807, 2.05) is 0 Å². The molecule has 1 heterocycles. The van der Waals surface area contributed by atoms with Crippen LogP contribution in [-0.2, 0) is 0 Å². The van der Waals surface area contributed by atoms with Crippen molar-refractivity contribution < 1.29 is 0 Å². The second-order valence-electron chi connectivity index (χ2n) is 4.00. The quantitative estimate of drug-likeness (QED) is 0.871. The summed E-state index contributed by atoms with van der Waals surface area (Å²) in [7, 11) is 0. The number of nitrogens with two attached hydrogens (primary N) is 1. The first-order chi connectivity index (χ1) is 7.72. The van der Waals surface area contributed by atoms with Crippen molar-refractivity contribution in [2.24, 2.45) is 0 Å². The van der Waals surface area contributed by atoms with Gasteiger partial charge in [0.25, 0.3) is 0 Å². The molecule has 0 aliphatic rings.